The van der Waals surface area contributed by atoms with Gasteiger partial charge in [0.15, 0.2) is 12.1 Å². The van der Waals surface area contributed by atoms with Crippen LogP contribution in [-0.2, 0) is 16.1 Å². The predicted molar refractivity (Wildman–Crippen MR) is 119 cm³/mol. The van der Waals surface area contributed by atoms with Crippen molar-refractivity contribution < 1.29 is 14.6 Å². The van der Waals surface area contributed by atoms with E-state index in [0.717, 1.165) is 45.1 Å². The molecule has 4 saturated carbocycles. The molecule has 4 aliphatic rings. The molecule has 1 N–H and O–H groups in total. The lowest BCUT2D eigenvalue weighted by Gasteiger charge is -2.61. The molecule has 0 amide bonds. The van der Waals surface area contributed by atoms with Gasteiger partial charge in [0, 0.05) is 5.92 Å². The molecule has 1 aromatic heterocycles. The minimum absolute atomic E-state index is 0.0833. The normalized spacial score (nSPS) is 43.5. The van der Waals surface area contributed by atoms with Crippen molar-refractivity contribution in [3.63, 3.8) is 0 Å². The monoisotopic (exact) mass is 444 g/mol. The van der Waals surface area contributed by atoms with Gasteiger partial charge < -0.3 is 9.84 Å². The van der Waals surface area contributed by atoms with Crippen molar-refractivity contribution in [3.05, 3.63) is 6.33 Å². The molecule has 1 heterocycles. The first-order valence-electron chi connectivity index (χ1n) is 12.9. The van der Waals surface area contributed by atoms with Crippen LogP contribution in [0, 0.1) is 40.4 Å². The van der Waals surface area contributed by atoms with Crippen LogP contribution in [0.4, 0.5) is 0 Å². The molecule has 0 unspecified atom stereocenters. The summed E-state index contributed by atoms with van der Waals surface area (Å²) in [6, 6.07) is 0. The van der Waals surface area contributed by atoms with E-state index in [4.69, 9.17) is 4.74 Å². The van der Waals surface area contributed by atoms with Gasteiger partial charge in [0.2, 0.25) is 0 Å². The number of Topliss-reactive ketones (excluding diaryl/α,β-unsaturated/α-hetero) is 1. The van der Waals surface area contributed by atoms with Crippen LogP contribution >= 0.6 is 0 Å². The molecule has 0 bridgehead atoms. The molecule has 1 aromatic rings. The van der Waals surface area contributed by atoms with E-state index in [-0.39, 0.29) is 41.3 Å². The number of nitrogens with zero attached hydrogens (tertiary/aromatic N) is 4. The van der Waals surface area contributed by atoms with Gasteiger partial charge in [-0.25, -0.2) is 0 Å². The zero-order chi connectivity index (χ0) is 22.5. The summed E-state index contributed by atoms with van der Waals surface area (Å²) in [6.45, 7) is 7.75. The summed E-state index contributed by atoms with van der Waals surface area (Å²) >= 11 is 0. The Morgan fingerprint density at radius 3 is 2.75 bits per heavy atom. The molecule has 0 radical (unpaired) electrons. The van der Waals surface area contributed by atoms with Crippen molar-refractivity contribution in [3.8, 4) is 0 Å². The molecule has 4 fully saturated rings. The molecule has 4 aliphatic carbocycles. The summed E-state index contributed by atoms with van der Waals surface area (Å²) in [7, 11) is 0. The van der Waals surface area contributed by atoms with E-state index in [0.29, 0.717) is 23.7 Å². The number of rotatable bonds is 6. The van der Waals surface area contributed by atoms with Crippen molar-refractivity contribution in [2.45, 2.75) is 97.3 Å². The van der Waals surface area contributed by atoms with Crippen molar-refractivity contribution in [2.75, 3.05) is 6.61 Å². The summed E-state index contributed by atoms with van der Waals surface area (Å²) in [6.07, 6.45) is 11.4. The van der Waals surface area contributed by atoms with Crippen LogP contribution in [-0.4, -0.2) is 49.9 Å². The summed E-state index contributed by atoms with van der Waals surface area (Å²) < 4.78 is 6.32. The lowest BCUT2D eigenvalue weighted by Crippen LogP contribution is -2.57. The molecule has 0 aromatic carbocycles. The summed E-state index contributed by atoms with van der Waals surface area (Å²) in [5.74, 6) is 2.91. The SMILES string of the molecule is CC(C)OC[C@]12CC[C@@H](O)C[C@H]1CC[C@H]1[C@@H]3CC[C@H](C(=O)Cn4ncnn4)[C@@]3(C)CC[C@@H]12. The average molecular weight is 445 g/mol. The minimum atomic E-state index is -0.142. The van der Waals surface area contributed by atoms with Crippen LogP contribution in [0.25, 0.3) is 0 Å². The van der Waals surface area contributed by atoms with E-state index in [1.54, 1.807) is 0 Å². The van der Waals surface area contributed by atoms with Crippen LogP contribution < -0.4 is 0 Å². The first-order chi connectivity index (χ1) is 15.3. The number of ketones is 1. The average Bonchev–Trinajstić information content (AvgIpc) is 3.39. The molecule has 7 nitrogen and oxygen atoms in total. The second-order valence-electron chi connectivity index (χ2n) is 11.8. The summed E-state index contributed by atoms with van der Waals surface area (Å²) in [5, 5.41) is 22.2. The number of aliphatic hydroxyl groups is 1. The quantitative estimate of drug-likeness (QED) is 0.720. The van der Waals surface area contributed by atoms with Crippen LogP contribution in [0.15, 0.2) is 6.33 Å². The molecular weight excluding hydrogens is 404 g/mol. The third-order valence-corrected chi connectivity index (χ3v) is 10.1. The van der Waals surface area contributed by atoms with Gasteiger partial charge in [0.25, 0.3) is 0 Å². The molecule has 0 aliphatic heterocycles. The molecule has 0 saturated heterocycles. The topological polar surface area (TPSA) is 90.1 Å². The lowest BCUT2D eigenvalue weighted by molar-refractivity contribution is -0.170. The summed E-state index contributed by atoms with van der Waals surface area (Å²) in [4.78, 5) is 14.7. The van der Waals surface area contributed by atoms with Gasteiger partial charge in [-0.1, -0.05) is 6.92 Å². The fourth-order valence-corrected chi connectivity index (χ4v) is 8.67. The van der Waals surface area contributed by atoms with E-state index in [2.05, 4.69) is 36.2 Å². The van der Waals surface area contributed by atoms with Crippen LogP contribution in [0.5, 0.6) is 0 Å². The minimum Gasteiger partial charge on any atom is -0.393 e. The number of carbonyl (C=O) groups excluding carboxylic acids is 1. The number of hydrogen-bond donors (Lipinski definition) is 1. The molecule has 8 atom stereocenters. The highest BCUT2D eigenvalue weighted by Crippen LogP contribution is 2.67. The van der Waals surface area contributed by atoms with Gasteiger partial charge in [-0.15, -0.1) is 10.2 Å². The van der Waals surface area contributed by atoms with Crippen molar-refractivity contribution in [1.29, 1.82) is 0 Å². The number of ether oxygens (including phenoxy) is 1. The number of aromatic nitrogens is 4. The zero-order valence-electron chi connectivity index (χ0n) is 19.9. The van der Waals surface area contributed by atoms with E-state index in [1.165, 1.54) is 30.4 Å². The first-order valence-corrected chi connectivity index (χ1v) is 12.9. The van der Waals surface area contributed by atoms with E-state index in [1.807, 2.05) is 0 Å². The first kappa shape index (κ1) is 22.5. The molecular formula is C25H40N4O3. The number of tetrazole rings is 1. The Kier molecular flexibility index (Phi) is 5.94. The van der Waals surface area contributed by atoms with E-state index < -0.39 is 0 Å². The highest BCUT2D eigenvalue weighted by atomic mass is 16.5. The predicted octanol–water partition coefficient (Wildman–Crippen LogP) is 3.67. The standard InChI is InChI=1S/C25H40N4O3/c1-16(2)32-14-25-11-8-18(30)12-17(25)4-5-19-20-6-7-22(24(20,3)10-9-21(19)25)23(31)13-29-27-15-26-28-29/h15-22,30H,4-14H2,1-3H3/t17-,18-,19+,20+,21+,22-,24+,25-/m1/s1. The maximum atomic E-state index is 13.3. The lowest BCUT2D eigenvalue weighted by atomic mass is 9.44. The van der Waals surface area contributed by atoms with Crippen molar-refractivity contribution in [2.24, 2.45) is 40.4 Å². The summed E-state index contributed by atoms with van der Waals surface area (Å²) in [5.41, 5.74) is 0.292. The Balaban J connectivity index is 1.38. The number of fused-ring (bicyclic) bond motifs is 5. The highest BCUT2D eigenvalue weighted by Gasteiger charge is 2.62. The second kappa shape index (κ2) is 8.46. The Morgan fingerprint density at radius 1 is 1.16 bits per heavy atom. The van der Waals surface area contributed by atoms with Gasteiger partial charge in [-0.05, 0) is 111 Å². The highest BCUT2D eigenvalue weighted by molar-refractivity contribution is 5.81. The van der Waals surface area contributed by atoms with Crippen molar-refractivity contribution >= 4 is 5.78 Å². The van der Waals surface area contributed by atoms with Gasteiger partial charge >= 0.3 is 0 Å². The second-order valence-corrected chi connectivity index (χ2v) is 11.8. The van der Waals surface area contributed by atoms with Gasteiger partial charge in [0.05, 0.1) is 18.8 Å². The van der Waals surface area contributed by atoms with Gasteiger partial charge in [-0.2, -0.15) is 4.80 Å². The van der Waals surface area contributed by atoms with Crippen molar-refractivity contribution in [1.82, 2.24) is 20.2 Å². The van der Waals surface area contributed by atoms with Crippen LogP contribution in [0.3, 0.4) is 0 Å². The molecule has 0 spiro atoms. The maximum Gasteiger partial charge on any atom is 0.162 e. The third kappa shape index (κ3) is 3.64. The molecule has 5 rings (SSSR count). The smallest absolute Gasteiger partial charge is 0.162 e. The number of hydrogen-bond acceptors (Lipinski definition) is 6. The van der Waals surface area contributed by atoms with Crippen LogP contribution in [0.2, 0.25) is 0 Å². The Labute approximate surface area is 191 Å². The molecule has 178 valence electrons. The number of carbonyl (C=O) groups is 1. The Hall–Kier alpha value is -1.34. The Morgan fingerprint density at radius 2 is 2.00 bits per heavy atom. The van der Waals surface area contributed by atoms with E-state index in [9.17, 15) is 9.90 Å². The van der Waals surface area contributed by atoms with E-state index >= 15 is 0 Å². The fraction of sp³-hybridized carbons (Fsp3) is 0.920. The van der Waals surface area contributed by atoms with Gasteiger partial charge in [0.1, 0.15) is 6.54 Å². The fourth-order valence-electron chi connectivity index (χ4n) is 8.67. The molecule has 32 heavy (non-hydrogen) atoms. The van der Waals surface area contributed by atoms with Crippen LogP contribution in [0.1, 0.15) is 78.6 Å². The Bertz CT molecular complexity index is 814. The number of aliphatic hydroxyl groups excluding tert-OH is 1. The zero-order valence-corrected chi connectivity index (χ0v) is 19.9. The molecule has 7 heteroatoms. The van der Waals surface area contributed by atoms with Gasteiger partial charge in [-0.3, -0.25) is 4.79 Å². The maximum absolute atomic E-state index is 13.3. The third-order valence-electron chi connectivity index (χ3n) is 10.1. The largest absolute Gasteiger partial charge is 0.393 e.